The predicted molar refractivity (Wildman–Crippen MR) is 56.3 cm³/mol. The van der Waals surface area contributed by atoms with Crippen LogP contribution < -0.4 is 0 Å². The van der Waals surface area contributed by atoms with E-state index in [-0.39, 0.29) is 5.97 Å². The number of pyridine rings is 1. The molecular formula is C12H15NO2. The van der Waals surface area contributed by atoms with Crippen LogP contribution in [0, 0.1) is 0 Å². The Labute approximate surface area is 89.5 Å². The number of aryl methyl sites for hydroxylation is 2. The smallest absolute Gasteiger partial charge is 0.303 e. The van der Waals surface area contributed by atoms with Crippen molar-refractivity contribution >= 4 is 5.97 Å². The highest BCUT2D eigenvalue weighted by Gasteiger charge is 2.11. The lowest BCUT2D eigenvalue weighted by atomic mass is 9.96. The lowest BCUT2D eigenvalue weighted by Crippen LogP contribution is -2.08. The van der Waals surface area contributed by atoms with Crippen molar-refractivity contribution in [2.75, 3.05) is 0 Å². The molecule has 3 heteroatoms. The molecule has 0 aromatic carbocycles. The first-order valence-corrected chi connectivity index (χ1v) is 5.37. The topological polar surface area (TPSA) is 39.2 Å². The Hall–Kier alpha value is -1.38. The van der Waals surface area contributed by atoms with Crippen molar-refractivity contribution in [3.63, 3.8) is 0 Å². The Kier molecular flexibility index (Phi) is 2.99. The van der Waals surface area contributed by atoms with Crippen molar-refractivity contribution in [3.05, 3.63) is 29.1 Å². The molecule has 0 aliphatic heterocycles. The number of ether oxygens (including phenoxy) is 1. The van der Waals surface area contributed by atoms with Gasteiger partial charge in [-0.3, -0.25) is 9.78 Å². The summed E-state index contributed by atoms with van der Waals surface area (Å²) in [4.78, 5) is 15.2. The third-order valence-electron chi connectivity index (χ3n) is 2.66. The second-order valence-electron chi connectivity index (χ2n) is 3.90. The largest absolute Gasteiger partial charge is 0.459 e. The Morgan fingerprint density at radius 1 is 1.40 bits per heavy atom. The van der Waals surface area contributed by atoms with Gasteiger partial charge in [0.2, 0.25) is 0 Å². The number of esters is 1. The minimum Gasteiger partial charge on any atom is -0.459 e. The molecule has 1 aromatic rings. The van der Waals surface area contributed by atoms with Crippen LogP contribution in [0.5, 0.6) is 0 Å². The summed E-state index contributed by atoms with van der Waals surface area (Å²) in [5, 5.41) is 0. The summed E-state index contributed by atoms with van der Waals surface area (Å²) in [5.41, 5.74) is 3.39. The van der Waals surface area contributed by atoms with Crippen LogP contribution in [0.25, 0.3) is 0 Å². The average Bonchev–Trinajstić information content (AvgIpc) is 2.26. The number of hydrogen-bond acceptors (Lipinski definition) is 3. The number of nitrogens with zero attached hydrogens (tertiary/aromatic N) is 1. The molecule has 15 heavy (non-hydrogen) atoms. The Balaban J connectivity index is 2.10. The van der Waals surface area contributed by atoms with Gasteiger partial charge < -0.3 is 4.74 Å². The van der Waals surface area contributed by atoms with Crippen LogP contribution in [0.1, 0.15) is 36.7 Å². The molecule has 0 unspecified atom stereocenters. The molecule has 0 spiro atoms. The van der Waals surface area contributed by atoms with Crippen molar-refractivity contribution in [1.82, 2.24) is 4.98 Å². The number of carbonyl (C=O) groups is 1. The van der Waals surface area contributed by atoms with Crippen molar-refractivity contribution in [2.45, 2.75) is 39.2 Å². The van der Waals surface area contributed by atoms with Crippen molar-refractivity contribution < 1.29 is 9.53 Å². The molecule has 0 radical (unpaired) electrons. The Bertz CT molecular complexity index is 374. The molecule has 1 aromatic heterocycles. The fraction of sp³-hybridized carbons (Fsp3) is 0.500. The molecule has 0 saturated heterocycles. The maximum absolute atomic E-state index is 10.7. The van der Waals surface area contributed by atoms with E-state index in [0.717, 1.165) is 18.5 Å². The molecular weight excluding hydrogens is 190 g/mol. The molecule has 3 nitrogen and oxygen atoms in total. The SMILES string of the molecule is CC(=O)OCc1ccc2c(n1)CCCC2. The lowest BCUT2D eigenvalue weighted by Gasteiger charge is -2.15. The molecule has 0 saturated carbocycles. The van der Waals surface area contributed by atoms with Crippen LogP contribution in [0.15, 0.2) is 12.1 Å². The number of aromatic nitrogens is 1. The first-order chi connectivity index (χ1) is 7.25. The second-order valence-corrected chi connectivity index (χ2v) is 3.90. The van der Waals surface area contributed by atoms with Gasteiger partial charge >= 0.3 is 5.97 Å². The van der Waals surface area contributed by atoms with Gasteiger partial charge in [-0.2, -0.15) is 0 Å². The molecule has 0 amide bonds. The van der Waals surface area contributed by atoms with E-state index in [2.05, 4.69) is 11.1 Å². The van der Waals surface area contributed by atoms with Crippen molar-refractivity contribution in [1.29, 1.82) is 0 Å². The Morgan fingerprint density at radius 2 is 2.20 bits per heavy atom. The van der Waals surface area contributed by atoms with E-state index < -0.39 is 0 Å². The van der Waals surface area contributed by atoms with E-state index in [9.17, 15) is 4.79 Å². The number of carbonyl (C=O) groups excluding carboxylic acids is 1. The van der Waals surface area contributed by atoms with Gasteiger partial charge in [0.1, 0.15) is 6.61 Å². The van der Waals surface area contributed by atoms with Gasteiger partial charge in [-0.15, -0.1) is 0 Å². The highest BCUT2D eigenvalue weighted by atomic mass is 16.5. The first-order valence-electron chi connectivity index (χ1n) is 5.37. The van der Waals surface area contributed by atoms with Crippen molar-refractivity contribution in [3.8, 4) is 0 Å². The number of rotatable bonds is 2. The molecule has 0 bridgehead atoms. The summed E-state index contributed by atoms with van der Waals surface area (Å²) < 4.78 is 4.92. The summed E-state index contributed by atoms with van der Waals surface area (Å²) in [7, 11) is 0. The molecule has 1 heterocycles. The zero-order chi connectivity index (χ0) is 10.7. The van der Waals surface area contributed by atoms with Gasteiger partial charge in [-0.1, -0.05) is 6.07 Å². The third-order valence-corrected chi connectivity index (χ3v) is 2.66. The summed E-state index contributed by atoms with van der Waals surface area (Å²) in [5.74, 6) is -0.255. The minimum absolute atomic E-state index is 0.255. The molecule has 0 N–H and O–H groups in total. The summed E-state index contributed by atoms with van der Waals surface area (Å²) in [6.07, 6.45) is 4.68. The minimum atomic E-state index is -0.255. The van der Waals surface area contributed by atoms with E-state index in [1.54, 1.807) is 0 Å². The van der Waals surface area contributed by atoms with E-state index in [1.807, 2.05) is 6.07 Å². The van der Waals surface area contributed by atoms with Gasteiger partial charge in [0.25, 0.3) is 0 Å². The predicted octanol–water partition coefficient (Wildman–Crippen LogP) is 2.02. The van der Waals surface area contributed by atoms with Crippen LogP contribution in [0.3, 0.4) is 0 Å². The van der Waals surface area contributed by atoms with Gasteiger partial charge in [0.05, 0.1) is 5.69 Å². The van der Waals surface area contributed by atoms with Gasteiger partial charge in [-0.25, -0.2) is 0 Å². The maximum Gasteiger partial charge on any atom is 0.303 e. The summed E-state index contributed by atoms with van der Waals surface area (Å²) in [6, 6.07) is 4.06. The van der Waals surface area contributed by atoms with E-state index in [0.29, 0.717) is 6.61 Å². The highest BCUT2D eigenvalue weighted by molar-refractivity contribution is 5.65. The van der Waals surface area contributed by atoms with Crippen LogP contribution >= 0.6 is 0 Å². The number of hydrogen-bond donors (Lipinski definition) is 0. The van der Waals surface area contributed by atoms with E-state index >= 15 is 0 Å². The zero-order valence-corrected chi connectivity index (χ0v) is 8.95. The quantitative estimate of drug-likeness (QED) is 0.693. The fourth-order valence-electron chi connectivity index (χ4n) is 1.88. The molecule has 0 atom stereocenters. The normalized spacial score (nSPS) is 14.5. The zero-order valence-electron chi connectivity index (χ0n) is 8.95. The molecule has 1 aliphatic rings. The van der Waals surface area contributed by atoms with Gasteiger partial charge in [-0.05, 0) is 37.3 Å². The Morgan fingerprint density at radius 3 is 3.00 bits per heavy atom. The van der Waals surface area contributed by atoms with Crippen molar-refractivity contribution in [2.24, 2.45) is 0 Å². The van der Waals surface area contributed by atoms with Gasteiger partial charge in [0, 0.05) is 12.6 Å². The summed E-state index contributed by atoms with van der Waals surface area (Å²) >= 11 is 0. The van der Waals surface area contributed by atoms with Gasteiger partial charge in [0.15, 0.2) is 0 Å². The lowest BCUT2D eigenvalue weighted by molar-refractivity contribution is -0.142. The average molecular weight is 205 g/mol. The second kappa shape index (κ2) is 4.43. The first kappa shape index (κ1) is 10.1. The fourth-order valence-corrected chi connectivity index (χ4v) is 1.88. The molecule has 80 valence electrons. The van der Waals surface area contributed by atoms with Crippen LogP contribution in [0.2, 0.25) is 0 Å². The monoisotopic (exact) mass is 205 g/mol. The van der Waals surface area contributed by atoms with Crippen LogP contribution in [-0.2, 0) is 29.0 Å². The summed E-state index contributed by atoms with van der Waals surface area (Å²) in [6.45, 7) is 1.71. The third kappa shape index (κ3) is 2.55. The van der Waals surface area contributed by atoms with Crippen LogP contribution in [0.4, 0.5) is 0 Å². The van der Waals surface area contributed by atoms with E-state index in [4.69, 9.17) is 4.74 Å². The maximum atomic E-state index is 10.7. The molecule has 0 fully saturated rings. The standard InChI is InChI=1S/C12H15NO2/c1-9(14)15-8-11-7-6-10-4-2-3-5-12(10)13-11/h6-7H,2-5,8H2,1H3. The molecule has 2 rings (SSSR count). The highest BCUT2D eigenvalue weighted by Crippen LogP contribution is 2.19. The number of fused-ring (bicyclic) bond motifs is 1. The van der Waals surface area contributed by atoms with E-state index in [1.165, 1.54) is 31.0 Å². The molecule has 1 aliphatic carbocycles. The van der Waals surface area contributed by atoms with Crippen LogP contribution in [-0.4, -0.2) is 11.0 Å².